The van der Waals surface area contributed by atoms with Crippen LogP contribution in [0.5, 0.6) is 11.5 Å². The number of carboxylic acids is 1. The van der Waals surface area contributed by atoms with Gasteiger partial charge in [-0.3, -0.25) is 0 Å². The van der Waals surface area contributed by atoms with Gasteiger partial charge in [-0.2, -0.15) is 0 Å². The van der Waals surface area contributed by atoms with Crippen LogP contribution in [0.15, 0.2) is 24.3 Å². The monoisotopic (exact) mass is 272 g/mol. The van der Waals surface area contributed by atoms with Gasteiger partial charge in [0.05, 0.1) is 5.69 Å². The van der Waals surface area contributed by atoms with Crippen LogP contribution >= 0.6 is 0 Å². The van der Waals surface area contributed by atoms with Crippen LogP contribution in [-0.2, 0) is 0 Å². The number of aryl methyl sites for hydroxylation is 1. The Hall–Kier alpha value is -2.63. The summed E-state index contributed by atoms with van der Waals surface area (Å²) in [5.41, 5.74) is 1.29. The van der Waals surface area contributed by atoms with Gasteiger partial charge < -0.3 is 14.6 Å². The van der Waals surface area contributed by atoms with Crippen molar-refractivity contribution in [1.29, 1.82) is 0 Å². The molecule has 0 saturated heterocycles. The molecule has 1 aromatic carbocycles. The van der Waals surface area contributed by atoms with Gasteiger partial charge in [-0.15, -0.1) is 0 Å². The van der Waals surface area contributed by atoms with Crippen LogP contribution in [0.4, 0.5) is 0 Å². The predicted octanol–water partition coefficient (Wildman–Crippen LogP) is 1.92. The largest absolute Gasteiger partial charge is 0.486 e. The average molecular weight is 272 g/mol. The van der Waals surface area contributed by atoms with Gasteiger partial charge in [0.25, 0.3) is 0 Å². The molecule has 3 rings (SSSR count). The van der Waals surface area contributed by atoms with Crippen molar-refractivity contribution in [1.82, 2.24) is 9.97 Å². The minimum atomic E-state index is -1.07. The molecule has 1 aromatic heterocycles. The van der Waals surface area contributed by atoms with E-state index in [0.717, 1.165) is 5.56 Å². The first-order valence-corrected chi connectivity index (χ1v) is 6.12. The summed E-state index contributed by atoms with van der Waals surface area (Å²) in [5.74, 6) is 0.662. The molecule has 102 valence electrons. The SMILES string of the molecule is Cc1nc(C(=O)O)cc(-c2ccc3c(c2)OCCO3)n1. The third-order valence-corrected chi connectivity index (χ3v) is 2.90. The first-order valence-electron chi connectivity index (χ1n) is 6.12. The van der Waals surface area contributed by atoms with Crippen molar-refractivity contribution >= 4 is 5.97 Å². The van der Waals surface area contributed by atoms with Crippen molar-refractivity contribution in [2.45, 2.75) is 6.92 Å². The summed E-state index contributed by atoms with van der Waals surface area (Å²) in [6.07, 6.45) is 0. The highest BCUT2D eigenvalue weighted by molar-refractivity contribution is 5.86. The molecule has 0 bridgehead atoms. The van der Waals surface area contributed by atoms with Crippen LogP contribution in [-0.4, -0.2) is 34.3 Å². The normalized spacial score (nSPS) is 13.1. The Morgan fingerprint density at radius 2 is 1.90 bits per heavy atom. The molecule has 6 heteroatoms. The van der Waals surface area contributed by atoms with E-state index in [1.54, 1.807) is 19.1 Å². The summed E-state index contributed by atoms with van der Waals surface area (Å²) in [5, 5.41) is 9.04. The summed E-state index contributed by atoms with van der Waals surface area (Å²) in [6, 6.07) is 6.85. The fourth-order valence-corrected chi connectivity index (χ4v) is 2.03. The molecule has 0 aliphatic carbocycles. The Morgan fingerprint density at radius 1 is 1.15 bits per heavy atom. The molecule has 0 spiro atoms. The van der Waals surface area contributed by atoms with Gasteiger partial charge in [0.1, 0.15) is 19.0 Å². The lowest BCUT2D eigenvalue weighted by Crippen LogP contribution is -2.15. The number of benzene rings is 1. The van der Waals surface area contributed by atoms with Crippen LogP contribution < -0.4 is 9.47 Å². The lowest BCUT2D eigenvalue weighted by Gasteiger charge is -2.18. The number of carbonyl (C=O) groups is 1. The van der Waals surface area contributed by atoms with Crippen LogP contribution in [0, 0.1) is 6.92 Å². The number of nitrogens with zero attached hydrogens (tertiary/aromatic N) is 2. The van der Waals surface area contributed by atoms with Gasteiger partial charge >= 0.3 is 5.97 Å². The maximum absolute atomic E-state index is 11.0. The molecule has 1 aliphatic heterocycles. The van der Waals surface area contributed by atoms with Gasteiger partial charge in [0.15, 0.2) is 17.2 Å². The Morgan fingerprint density at radius 3 is 2.65 bits per heavy atom. The Balaban J connectivity index is 2.06. The van der Waals surface area contributed by atoms with Gasteiger partial charge in [0.2, 0.25) is 0 Å². The lowest BCUT2D eigenvalue weighted by atomic mass is 10.1. The second-order valence-electron chi connectivity index (χ2n) is 4.35. The van der Waals surface area contributed by atoms with Crippen molar-refractivity contribution in [3.63, 3.8) is 0 Å². The van der Waals surface area contributed by atoms with Crippen molar-refractivity contribution in [3.8, 4) is 22.8 Å². The number of carboxylic acid groups (broad SMARTS) is 1. The number of ether oxygens (including phenoxy) is 2. The first kappa shape index (κ1) is 12.4. The highest BCUT2D eigenvalue weighted by Gasteiger charge is 2.15. The molecule has 0 amide bonds. The van der Waals surface area contributed by atoms with Gasteiger partial charge in [-0.05, 0) is 31.2 Å². The third kappa shape index (κ3) is 2.27. The van der Waals surface area contributed by atoms with Crippen molar-refractivity contribution in [2.75, 3.05) is 13.2 Å². The zero-order valence-electron chi connectivity index (χ0n) is 10.8. The smallest absolute Gasteiger partial charge is 0.354 e. The summed E-state index contributed by atoms with van der Waals surface area (Å²) in [7, 11) is 0. The number of rotatable bonds is 2. The van der Waals surface area contributed by atoms with Gasteiger partial charge in [-0.1, -0.05) is 0 Å². The number of aromatic carboxylic acids is 1. The molecule has 20 heavy (non-hydrogen) atoms. The Bertz CT molecular complexity index is 685. The molecule has 1 N–H and O–H groups in total. The van der Waals surface area contributed by atoms with Gasteiger partial charge in [-0.25, -0.2) is 14.8 Å². The van der Waals surface area contributed by atoms with E-state index in [1.165, 1.54) is 6.07 Å². The molecule has 2 aromatic rings. The topological polar surface area (TPSA) is 81.5 Å². The van der Waals surface area contributed by atoms with Crippen LogP contribution in [0.3, 0.4) is 0 Å². The van der Waals surface area contributed by atoms with Crippen LogP contribution in [0.1, 0.15) is 16.3 Å². The highest BCUT2D eigenvalue weighted by atomic mass is 16.6. The molecule has 2 heterocycles. The number of aromatic nitrogens is 2. The molecule has 1 aliphatic rings. The van der Waals surface area contributed by atoms with Crippen molar-refractivity contribution < 1.29 is 19.4 Å². The number of fused-ring (bicyclic) bond motifs is 1. The fraction of sp³-hybridized carbons (Fsp3) is 0.214. The molecular weight excluding hydrogens is 260 g/mol. The summed E-state index contributed by atoms with van der Waals surface area (Å²) < 4.78 is 11.0. The molecule has 0 atom stereocenters. The average Bonchev–Trinajstić information content (AvgIpc) is 2.46. The summed E-state index contributed by atoms with van der Waals surface area (Å²) >= 11 is 0. The van der Waals surface area contributed by atoms with E-state index >= 15 is 0 Å². The molecule has 0 unspecified atom stereocenters. The van der Waals surface area contributed by atoms with Crippen LogP contribution in [0.25, 0.3) is 11.3 Å². The van der Waals surface area contributed by atoms with Crippen molar-refractivity contribution in [3.05, 3.63) is 35.8 Å². The summed E-state index contributed by atoms with van der Waals surface area (Å²) in [4.78, 5) is 19.2. The molecule has 0 saturated carbocycles. The van der Waals surface area contributed by atoms with Crippen molar-refractivity contribution in [2.24, 2.45) is 0 Å². The fourth-order valence-electron chi connectivity index (χ4n) is 2.03. The quantitative estimate of drug-likeness (QED) is 0.899. The zero-order chi connectivity index (χ0) is 14.1. The van der Waals surface area contributed by atoms with E-state index in [1.807, 2.05) is 6.07 Å². The second-order valence-corrected chi connectivity index (χ2v) is 4.35. The second kappa shape index (κ2) is 4.80. The molecule has 6 nitrogen and oxygen atoms in total. The zero-order valence-corrected chi connectivity index (χ0v) is 10.8. The van der Waals surface area contributed by atoms with E-state index < -0.39 is 5.97 Å². The first-order chi connectivity index (χ1) is 9.63. The maximum atomic E-state index is 11.0. The molecule has 0 fully saturated rings. The molecule has 0 radical (unpaired) electrons. The number of hydrogen-bond donors (Lipinski definition) is 1. The van der Waals surface area contributed by atoms with E-state index in [2.05, 4.69) is 9.97 Å². The minimum absolute atomic E-state index is 0.0256. The molecular formula is C14H12N2O4. The summed E-state index contributed by atoms with van der Waals surface area (Å²) in [6.45, 7) is 2.69. The lowest BCUT2D eigenvalue weighted by molar-refractivity contribution is 0.0690. The van der Waals surface area contributed by atoms with E-state index in [-0.39, 0.29) is 5.69 Å². The third-order valence-electron chi connectivity index (χ3n) is 2.90. The maximum Gasteiger partial charge on any atom is 0.354 e. The van der Waals surface area contributed by atoms with E-state index in [4.69, 9.17) is 14.6 Å². The standard InChI is InChI=1S/C14H12N2O4/c1-8-15-10(7-11(16-8)14(17)18)9-2-3-12-13(6-9)20-5-4-19-12/h2-3,6-7H,4-5H2,1H3,(H,17,18). The van der Waals surface area contributed by atoms with Crippen LogP contribution in [0.2, 0.25) is 0 Å². The number of hydrogen-bond acceptors (Lipinski definition) is 5. The Labute approximate surface area is 115 Å². The van der Waals surface area contributed by atoms with E-state index in [9.17, 15) is 4.79 Å². The minimum Gasteiger partial charge on any atom is -0.486 e. The van der Waals surface area contributed by atoms with E-state index in [0.29, 0.717) is 36.2 Å². The Kier molecular flexibility index (Phi) is 2.98. The van der Waals surface area contributed by atoms with Gasteiger partial charge in [0, 0.05) is 5.56 Å². The predicted molar refractivity (Wildman–Crippen MR) is 70.2 cm³/mol. The highest BCUT2D eigenvalue weighted by Crippen LogP contribution is 2.34.